The molecule has 4 aromatic rings. The third kappa shape index (κ3) is 5.43. The van der Waals surface area contributed by atoms with Crippen LogP contribution in [0, 0.1) is 11.3 Å². The maximum atomic E-state index is 13.6. The Morgan fingerprint density at radius 1 is 1.26 bits per heavy atom. The van der Waals surface area contributed by atoms with Crippen molar-refractivity contribution in [1.82, 2.24) is 24.5 Å². The first-order chi connectivity index (χ1) is 18.6. The number of pyridine rings is 3. The van der Waals surface area contributed by atoms with Crippen LogP contribution < -0.4 is 15.4 Å². The molecule has 0 aromatic carbocycles. The Morgan fingerprint density at radius 3 is 2.77 bits per heavy atom. The number of anilines is 3. The molecule has 1 atom stereocenters. The van der Waals surface area contributed by atoms with Crippen LogP contribution in [0.3, 0.4) is 0 Å². The highest BCUT2D eigenvalue weighted by Gasteiger charge is 2.34. The zero-order valence-corrected chi connectivity index (χ0v) is 20.7. The predicted molar refractivity (Wildman–Crippen MR) is 133 cm³/mol. The third-order valence-electron chi connectivity index (χ3n) is 5.98. The molecule has 0 unspecified atom stereocenters. The second kappa shape index (κ2) is 10.2. The molecule has 200 valence electrons. The molecule has 0 saturated carbocycles. The lowest BCUT2D eigenvalue weighted by molar-refractivity contribution is -0.141. The first kappa shape index (κ1) is 25.9. The van der Waals surface area contributed by atoms with E-state index in [-0.39, 0.29) is 51.9 Å². The number of nitrogens with one attached hydrogen (secondary N) is 2. The molecule has 2 N–H and O–H groups in total. The van der Waals surface area contributed by atoms with Gasteiger partial charge >= 0.3 is 6.18 Å². The highest BCUT2D eigenvalue weighted by Crippen LogP contribution is 2.35. The molecule has 11 nitrogen and oxygen atoms in total. The Kier molecular flexibility index (Phi) is 6.75. The molecule has 1 aliphatic heterocycles. The number of aryl methyl sites for hydroxylation is 1. The second-order valence-corrected chi connectivity index (χ2v) is 8.79. The molecule has 5 heterocycles. The Balaban J connectivity index is 1.50. The van der Waals surface area contributed by atoms with Gasteiger partial charge in [-0.2, -0.15) is 23.4 Å². The zero-order valence-electron chi connectivity index (χ0n) is 20.7. The smallest absolute Gasteiger partial charge is 0.433 e. The molecular weight excluding hydrogens is 517 g/mol. The minimum Gasteiger partial charge on any atom is -0.454 e. The molecule has 1 amide bonds. The lowest BCUT2D eigenvalue weighted by Crippen LogP contribution is -2.13. The Labute approximate surface area is 219 Å². The van der Waals surface area contributed by atoms with E-state index in [1.165, 1.54) is 36.0 Å². The van der Waals surface area contributed by atoms with Crippen molar-refractivity contribution < 1.29 is 27.4 Å². The maximum Gasteiger partial charge on any atom is 0.433 e. The van der Waals surface area contributed by atoms with Gasteiger partial charge in [0, 0.05) is 50.1 Å². The van der Waals surface area contributed by atoms with E-state index in [2.05, 4.69) is 36.6 Å². The van der Waals surface area contributed by atoms with Crippen LogP contribution in [0.15, 0.2) is 36.7 Å². The number of rotatable bonds is 6. The third-order valence-corrected chi connectivity index (χ3v) is 5.98. The highest BCUT2D eigenvalue weighted by atomic mass is 19.4. The van der Waals surface area contributed by atoms with Gasteiger partial charge in [0.1, 0.15) is 34.4 Å². The molecule has 39 heavy (non-hydrogen) atoms. The van der Waals surface area contributed by atoms with Gasteiger partial charge in [0.05, 0.1) is 12.8 Å². The Hall–Kier alpha value is -4.77. The van der Waals surface area contributed by atoms with Gasteiger partial charge in [-0.25, -0.2) is 15.0 Å². The predicted octanol–water partition coefficient (Wildman–Crippen LogP) is 4.65. The Bertz CT molecular complexity index is 1610. The van der Waals surface area contributed by atoms with Gasteiger partial charge in [-0.05, 0) is 24.6 Å². The molecule has 1 fully saturated rings. The minimum absolute atomic E-state index is 0.107. The summed E-state index contributed by atoms with van der Waals surface area (Å²) in [4.78, 5) is 27.8. The lowest BCUT2D eigenvalue weighted by Gasteiger charge is -2.15. The summed E-state index contributed by atoms with van der Waals surface area (Å²) >= 11 is 0. The number of fused-ring (bicyclic) bond motifs is 1. The fourth-order valence-electron chi connectivity index (χ4n) is 4.18. The number of carbonyl (C=O) groups excluding carboxylic acids is 1. The summed E-state index contributed by atoms with van der Waals surface area (Å²) in [5, 5.41) is 15.4. The van der Waals surface area contributed by atoms with Crippen LogP contribution in [0.1, 0.15) is 36.2 Å². The van der Waals surface area contributed by atoms with Gasteiger partial charge in [0.25, 0.3) is 0 Å². The van der Waals surface area contributed by atoms with Crippen LogP contribution in [0.5, 0.6) is 11.5 Å². The number of nitrogens with zero attached hydrogens (tertiary/aromatic N) is 6. The molecule has 0 radical (unpaired) electrons. The van der Waals surface area contributed by atoms with E-state index in [1.54, 1.807) is 13.1 Å². The van der Waals surface area contributed by atoms with Crippen molar-refractivity contribution >= 4 is 34.5 Å². The molecule has 0 bridgehead atoms. The average molecular weight is 538 g/mol. The first-order valence-corrected chi connectivity index (χ1v) is 11.7. The van der Waals surface area contributed by atoms with Gasteiger partial charge in [-0.3, -0.25) is 4.79 Å². The summed E-state index contributed by atoms with van der Waals surface area (Å²) in [6.07, 6.45) is -1.32. The molecule has 1 aliphatic rings. The van der Waals surface area contributed by atoms with Crippen molar-refractivity contribution in [2.75, 3.05) is 23.8 Å². The molecule has 4 aromatic heterocycles. The van der Waals surface area contributed by atoms with Gasteiger partial charge in [-0.15, -0.1) is 0 Å². The van der Waals surface area contributed by atoms with Crippen molar-refractivity contribution in [3.05, 3.63) is 53.6 Å². The van der Waals surface area contributed by atoms with Crippen molar-refractivity contribution in [2.45, 2.75) is 25.4 Å². The largest absolute Gasteiger partial charge is 0.454 e. The number of ether oxygens (including phenoxy) is 2. The molecule has 14 heteroatoms. The standard InChI is InChI=1S/C25H21F3N8O3/c1-13(37)32-21-9-16(3-5-30-21)39-19-11-31-23-22(17(19)10-29)36(2)24(35-23)33-15-7-18(14-4-6-38-12-14)34-20(8-15)25(26,27)28/h3,5,7-9,11,14H,4,6,12H2,1-2H3,(H,30,32,37)(H,31,33,34,35)/t14-/m0/s1. The fraction of sp³-hybridized carbons (Fsp3) is 0.280. The zero-order chi connectivity index (χ0) is 27.7. The second-order valence-electron chi connectivity index (χ2n) is 8.79. The fourth-order valence-corrected chi connectivity index (χ4v) is 4.18. The molecule has 1 saturated heterocycles. The summed E-state index contributed by atoms with van der Waals surface area (Å²) < 4.78 is 53.5. The van der Waals surface area contributed by atoms with Crippen molar-refractivity contribution in [3.8, 4) is 17.6 Å². The molecule has 0 aliphatic carbocycles. The van der Waals surface area contributed by atoms with Gasteiger partial charge in [-0.1, -0.05) is 0 Å². The van der Waals surface area contributed by atoms with Crippen molar-refractivity contribution in [1.29, 1.82) is 5.26 Å². The van der Waals surface area contributed by atoms with Gasteiger partial charge in [0.2, 0.25) is 11.9 Å². The van der Waals surface area contributed by atoms with E-state index < -0.39 is 11.9 Å². The number of aromatic nitrogens is 5. The first-order valence-electron chi connectivity index (χ1n) is 11.7. The van der Waals surface area contributed by atoms with Gasteiger partial charge < -0.3 is 24.7 Å². The van der Waals surface area contributed by atoms with E-state index in [1.807, 2.05) is 0 Å². The average Bonchev–Trinajstić information content (AvgIpc) is 3.52. The number of carbonyl (C=O) groups is 1. The molecular formula is C25H21F3N8O3. The van der Waals surface area contributed by atoms with Crippen LogP contribution in [-0.2, 0) is 22.8 Å². The van der Waals surface area contributed by atoms with Crippen LogP contribution in [0.2, 0.25) is 0 Å². The number of alkyl halides is 3. The minimum atomic E-state index is -4.65. The SMILES string of the molecule is CC(=O)Nc1cc(Oc2cnc3nc(Nc4cc([C@H]5CCOC5)nc(C(F)(F)F)c4)n(C)c3c2C#N)ccn1. The van der Waals surface area contributed by atoms with Crippen molar-refractivity contribution in [3.63, 3.8) is 0 Å². The van der Waals surface area contributed by atoms with E-state index in [0.29, 0.717) is 30.9 Å². The quantitative estimate of drug-likeness (QED) is 0.359. The molecule has 5 rings (SSSR count). The topological polar surface area (TPSA) is 140 Å². The normalized spacial score (nSPS) is 15.2. The van der Waals surface area contributed by atoms with E-state index in [4.69, 9.17) is 9.47 Å². The number of hydrogen-bond donors (Lipinski definition) is 2. The van der Waals surface area contributed by atoms with Crippen LogP contribution in [0.4, 0.5) is 30.6 Å². The summed E-state index contributed by atoms with van der Waals surface area (Å²) in [7, 11) is 1.60. The number of imidazole rings is 1. The highest BCUT2D eigenvalue weighted by molar-refractivity contribution is 5.88. The van der Waals surface area contributed by atoms with E-state index in [9.17, 15) is 23.2 Å². The number of nitriles is 1. The monoisotopic (exact) mass is 538 g/mol. The summed E-state index contributed by atoms with van der Waals surface area (Å²) in [6, 6.07) is 7.56. The van der Waals surface area contributed by atoms with Crippen molar-refractivity contribution in [2.24, 2.45) is 7.05 Å². The van der Waals surface area contributed by atoms with Crippen LogP contribution >= 0.6 is 0 Å². The summed E-state index contributed by atoms with van der Waals surface area (Å²) in [5.74, 6) is 0.280. The summed E-state index contributed by atoms with van der Waals surface area (Å²) in [5.41, 5.74) is -0.0256. The van der Waals surface area contributed by atoms with Crippen LogP contribution in [0.25, 0.3) is 11.2 Å². The van der Waals surface area contributed by atoms with Gasteiger partial charge in [0.15, 0.2) is 11.4 Å². The maximum absolute atomic E-state index is 13.6. The number of hydrogen-bond acceptors (Lipinski definition) is 9. The lowest BCUT2D eigenvalue weighted by atomic mass is 10.0. The molecule has 0 spiro atoms. The van der Waals surface area contributed by atoms with Crippen LogP contribution in [-0.4, -0.2) is 43.6 Å². The number of amides is 1. The van der Waals surface area contributed by atoms with E-state index >= 15 is 0 Å². The van der Waals surface area contributed by atoms with E-state index in [0.717, 1.165) is 6.07 Å². The summed E-state index contributed by atoms with van der Waals surface area (Å²) in [6.45, 7) is 2.09. The Morgan fingerprint density at radius 2 is 2.08 bits per heavy atom. The number of halogens is 3.